The maximum Gasteiger partial charge on any atom is 0.242 e. The van der Waals surface area contributed by atoms with Gasteiger partial charge in [0.25, 0.3) is 0 Å². The second-order valence-electron chi connectivity index (χ2n) is 7.79. The molecule has 2 amide bonds. The zero-order valence-corrected chi connectivity index (χ0v) is 20.4. The lowest BCUT2D eigenvalue weighted by Gasteiger charge is -2.30. The van der Waals surface area contributed by atoms with Gasteiger partial charge in [-0.15, -0.1) is 0 Å². The highest BCUT2D eigenvalue weighted by Gasteiger charge is 2.27. The second-order valence-corrected chi connectivity index (χ2v) is 7.79. The van der Waals surface area contributed by atoms with Crippen LogP contribution >= 0.6 is 0 Å². The maximum absolute atomic E-state index is 13.3. The number of carbonyl (C=O) groups excluding carboxylic acids is 2. The molecular formula is C27H38N2O4. The van der Waals surface area contributed by atoms with Crippen LogP contribution in [-0.2, 0) is 22.4 Å². The van der Waals surface area contributed by atoms with Crippen molar-refractivity contribution in [2.75, 3.05) is 26.3 Å². The molecule has 0 saturated heterocycles. The van der Waals surface area contributed by atoms with Gasteiger partial charge in [-0.1, -0.05) is 43.3 Å². The van der Waals surface area contributed by atoms with Gasteiger partial charge >= 0.3 is 0 Å². The van der Waals surface area contributed by atoms with E-state index in [9.17, 15) is 9.59 Å². The molecule has 6 heteroatoms. The van der Waals surface area contributed by atoms with Crippen molar-refractivity contribution < 1.29 is 19.1 Å². The minimum absolute atomic E-state index is 0.0177. The molecule has 0 unspecified atom stereocenters. The van der Waals surface area contributed by atoms with Crippen molar-refractivity contribution >= 4 is 11.8 Å². The first-order valence-electron chi connectivity index (χ1n) is 12.0. The van der Waals surface area contributed by atoms with E-state index in [2.05, 4.69) is 5.32 Å². The Labute approximate surface area is 198 Å². The van der Waals surface area contributed by atoms with Crippen LogP contribution in [0.4, 0.5) is 0 Å². The molecule has 0 heterocycles. The molecule has 0 aliphatic heterocycles. The SMILES string of the molecule is CCNC(=O)[C@@H](CC)N(CCc1ccccc1)C(=O)CCc1ccc(OCC)c(OCC)c1. The van der Waals surface area contributed by atoms with E-state index < -0.39 is 6.04 Å². The summed E-state index contributed by atoms with van der Waals surface area (Å²) in [5.74, 6) is 1.29. The number of amides is 2. The van der Waals surface area contributed by atoms with E-state index in [-0.39, 0.29) is 11.8 Å². The van der Waals surface area contributed by atoms with Crippen LogP contribution in [0.1, 0.15) is 51.7 Å². The van der Waals surface area contributed by atoms with Gasteiger partial charge < -0.3 is 19.7 Å². The van der Waals surface area contributed by atoms with Crippen LogP contribution in [-0.4, -0.2) is 49.1 Å². The first-order valence-corrected chi connectivity index (χ1v) is 12.0. The molecule has 180 valence electrons. The molecule has 2 aromatic rings. The third kappa shape index (κ3) is 8.12. The van der Waals surface area contributed by atoms with E-state index in [0.717, 1.165) is 11.1 Å². The Morgan fingerprint density at radius 1 is 0.879 bits per heavy atom. The van der Waals surface area contributed by atoms with E-state index in [1.54, 1.807) is 4.90 Å². The van der Waals surface area contributed by atoms with Crippen LogP contribution in [0.25, 0.3) is 0 Å². The normalized spacial score (nSPS) is 11.5. The lowest BCUT2D eigenvalue weighted by atomic mass is 10.1. The standard InChI is InChI=1S/C27H38N2O4/c1-5-23(27(31)28-6-2)29(19-18-21-12-10-9-11-13-21)26(30)17-15-22-14-16-24(32-7-3)25(20-22)33-8-4/h9-14,16,20,23H,5-8,15,17-19H2,1-4H3,(H,28,31)/t23-/m1/s1. The summed E-state index contributed by atoms with van der Waals surface area (Å²) >= 11 is 0. The second kappa shape index (κ2) is 14.2. The molecule has 33 heavy (non-hydrogen) atoms. The quantitative estimate of drug-likeness (QED) is 0.459. The van der Waals surface area contributed by atoms with Crippen molar-refractivity contribution in [1.82, 2.24) is 10.2 Å². The van der Waals surface area contributed by atoms with Crippen molar-refractivity contribution in [3.63, 3.8) is 0 Å². The highest BCUT2D eigenvalue weighted by Crippen LogP contribution is 2.29. The van der Waals surface area contributed by atoms with Gasteiger partial charge in [0.15, 0.2) is 11.5 Å². The zero-order chi connectivity index (χ0) is 24.1. The zero-order valence-electron chi connectivity index (χ0n) is 20.4. The minimum atomic E-state index is -0.472. The molecule has 0 spiro atoms. The van der Waals surface area contributed by atoms with E-state index in [1.807, 2.05) is 76.2 Å². The van der Waals surface area contributed by atoms with Crippen LogP contribution in [0.3, 0.4) is 0 Å². The summed E-state index contributed by atoms with van der Waals surface area (Å²) in [5.41, 5.74) is 2.15. The van der Waals surface area contributed by atoms with E-state index in [0.29, 0.717) is 63.5 Å². The summed E-state index contributed by atoms with van der Waals surface area (Å²) in [6.45, 7) is 9.86. The Morgan fingerprint density at radius 3 is 2.21 bits per heavy atom. The number of rotatable bonds is 14. The molecule has 1 N–H and O–H groups in total. The maximum atomic E-state index is 13.3. The lowest BCUT2D eigenvalue weighted by molar-refractivity contribution is -0.140. The number of aryl methyl sites for hydroxylation is 1. The average Bonchev–Trinajstić information content (AvgIpc) is 2.82. The Hall–Kier alpha value is -3.02. The van der Waals surface area contributed by atoms with E-state index in [1.165, 1.54) is 0 Å². The van der Waals surface area contributed by atoms with Gasteiger partial charge in [-0.05, 0) is 63.3 Å². The summed E-state index contributed by atoms with van der Waals surface area (Å²) in [5, 5.41) is 2.88. The van der Waals surface area contributed by atoms with E-state index in [4.69, 9.17) is 9.47 Å². The van der Waals surface area contributed by atoms with Crippen LogP contribution in [0.2, 0.25) is 0 Å². The summed E-state index contributed by atoms with van der Waals surface area (Å²) in [6.07, 6.45) is 2.17. The van der Waals surface area contributed by atoms with Gasteiger partial charge in [-0.2, -0.15) is 0 Å². The Balaban J connectivity index is 2.14. The van der Waals surface area contributed by atoms with Crippen LogP contribution in [0.5, 0.6) is 11.5 Å². The molecule has 2 aromatic carbocycles. The van der Waals surface area contributed by atoms with Crippen molar-refractivity contribution in [3.8, 4) is 11.5 Å². The monoisotopic (exact) mass is 454 g/mol. The Kier molecular flexibility index (Phi) is 11.3. The minimum Gasteiger partial charge on any atom is -0.490 e. The average molecular weight is 455 g/mol. The topological polar surface area (TPSA) is 67.9 Å². The molecule has 1 atom stereocenters. The molecule has 2 rings (SSSR count). The molecule has 0 radical (unpaired) electrons. The van der Waals surface area contributed by atoms with Crippen LogP contribution in [0, 0.1) is 0 Å². The van der Waals surface area contributed by atoms with Gasteiger partial charge in [0.2, 0.25) is 11.8 Å². The first kappa shape index (κ1) is 26.2. The fraction of sp³-hybridized carbons (Fsp3) is 0.481. The first-order chi connectivity index (χ1) is 16.0. The van der Waals surface area contributed by atoms with Gasteiger partial charge in [-0.25, -0.2) is 0 Å². The largest absolute Gasteiger partial charge is 0.490 e. The molecule has 0 fully saturated rings. The molecule has 0 saturated carbocycles. The number of benzene rings is 2. The molecule has 0 bridgehead atoms. The summed E-state index contributed by atoms with van der Waals surface area (Å²) in [7, 11) is 0. The number of nitrogens with zero attached hydrogens (tertiary/aromatic N) is 1. The van der Waals surface area contributed by atoms with Crippen LogP contribution < -0.4 is 14.8 Å². The number of hydrogen-bond donors (Lipinski definition) is 1. The number of likely N-dealkylation sites (N-methyl/N-ethyl adjacent to an activating group) is 1. The predicted molar refractivity (Wildman–Crippen MR) is 132 cm³/mol. The van der Waals surface area contributed by atoms with Crippen molar-refractivity contribution in [2.45, 2.75) is 59.4 Å². The molecular weight excluding hydrogens is 416 g/mol. The van der Waals surface area contributed by atoms with Gasteiger partial charge in [0, 0.05) is 19.5 Å². The number of ether oxygens (including phenoxy) is 2. The van der Waals surface area contributed by atoms with Crippen molar-refractivity contribution in [3.05, 3.63) is 59.7 Å². The molecule has 0 aliphatic rings. The third-order valence-electron chi connectivity index (χ3n) is 5.46. The highest BCUT2D eigenvalue weighted by molar-refractivity contribution is 5.87. The smallest absolute Gasteiger partial charge is 0.242 e. The lowest BCUT2D eigenvalue weighted by Crippen LogP contribution is -2.50. The fourth-order valence-electron chi connectivity index (χ4n) is 3.83. The highest BCUT2D eigenvalue weighted by atomic mass is 16.5. The number of hydrogen-bond acceptors (Lipinski definition) is 4. The Bertz CT molecular complexity index is 870. The summed E-state index contributed by atoms with van der Waals surface area (Å²) in [4.78, 5) is 27.7. The van der Waals surface area contributed by atoms with Gasteiger partial charge in [0.05, 0.1) is 13.2 Å². The summed E-state index contributed by atoms with van der Waals surface area (Å²) < 4.78 is 11.3. The molecule has 0 aliphatic carbocycles. The third-order valence-corrected chi connectivity index (χ3v) is 5.46. The van der Waals surface area contributed by atoms with E-state index >= 15 is 0 Å². The predicted octanol–water partition coefficient (Wildman–Crippen LogP) is 4.40. The van der Waals surface area contributed by atoms with Crippen LogP contribution in [0.15, 0.2) is 48.5 Å². The molecule has 0 aromatic heterocycles. The van der Waals surface area contributed by atoms with Gasteiger partial charge in [0.1, 0.15) is 6.04 Å². The van der Waals surface area contributed by atoms with Crippen molar-refractivity contribution in [1.29, 1.82) is 0 Å². The fourth-order valence-corrected chi connectivity index (χ4v) is 3.83. The van der Waals surface area contributed by atoms with Crippen molar-refractivity contribution in [2.24, 2.45) is 0 Å². The molecule has 6 nitrogen and oxygen atoms in total. The Morgan fingerprint density at radius 2 is 1.58 bits per heavy atom. The summed E-state index contributed by atoms with van der Waals surface area (Å²) in [6, 6.07) is 15.4. The van der Waals surface area contributed by atoms with Gasteiger partial charge in [-0.3, -0.25) is 9.59 Å². The number of nitrogens with one attached hydrogen (secondary N) is 1. The number of carbonyl (C=O) groups is 2.